The summed E-state index contributed by atoms with van der Waals surface area (Å²) in [5.41, 5.74) is 0.487. The van der Waals surface area contributed by atoms with E-state index >= 15 is 0 Å². The van der Waals surface area contributed by atoms with E-state index in [-0.39, 0.29) is 5.97 Å². The lowest BCUT2D eigenvalue weighted by Gasteiger charge is -2.17. The smallest absolute Gasteiger partial charge is 0.338 e. The van der Waals surface area contributed by atoms with Crippen molar-refractivity contribution in [2.45, 2.75) is 40.5 Å². The van der Waals surface area contributed by atoms with Crippen molar-refractivity contribution in [1.82, 2.24) is 4.90 Å². The first-order valence-corrected chi connectivity index (χ1v) is 8.95. The van der Waals surface area contributed by atoms with Crippen LogP contribution in [-0.4, -0.2) is 50.3 Å². The number of nitrogens with zero attached hydrogens (tertiary/aromatic N) is 1. The number of ether oxygens (including phenoxy) is 3. The van der Waals surface area contributed by atoms with Crippen LogP contribution in [0.5, 0.6) is 11.5 Å². The van der Waals surface area contributed by atoms with Crippen LogP contribution in [0.25, 0.3) is 0 Å². The van der Waals surface area contributed by atoms with Crippen molar-refractivity contribution in [1.29, 1.82) is 0 Å². The zero-order chi connectivity index (χ0) is 17.8. The van der Waals surface area contributed by atoms with Crippen LogP contribution >= 0.6 is 0 Å². The van der Waals surface area contributed by atoms with Crippen LogP contribution in [0.1, 0.15) is 50.9 Å². The third-order valence-corrected chi connectivity index (χ3v) is 3.77. The number of hydrogen-bond donors (Lipinski definition) is 0. The SMILES string of the molecule is CCCCOc1ccc(C(=O)OCCN(CC)CC)cc1OCC. The number of benzene rings is 1. The second-order valence-electron chi connectivity index (χ2n) is 5.46. The van der Waals surface area contributed by atoms with Crippen LogP contribution in [0.4, 0.5) is 0 Å². The number of esters is 1. The molecular formula is C19H31NO4. The van der Waals surface area contributed by atoms with Gasteiger partial charge >= 0.3 is 5.97 Å². The van der Waals surface area contributed by atoms with Gasteiger partial charge < -0.3 is 19.1 Å². The van der Waals surface area contributed by atoms with E-state index in [0.717, 1.165) is 32.5 Å². The Balaban J connectivity index is 2.66. The average molecular weight is 337 g/mol. The molecule has 0 saturated heterocycles. The van der Waals surface area contributed by atoms with Crippen molar-refractivity contribution < 1.29 is 19.0 Å². The van der Waals surface area contributed by atoms with E-state index in [1.54, 1.807) is 18.2 Å². The Hall–Kier alpha value is -1.75. The number of unbranched alkanes of at least 4 members (excludes halogenated alkanes) is 1. The van der Waals surface area contributed by atoms with E-state index in [0.29, 0.717) is 36.9 Å². The lowest BCUT2D eigenvalue weighted by atomic mass is 10.2. The van der Waals surface area contributed by atoms with Gasteiger partial charge in [0.2, 0.25) is 0 Å². The van der Waals surface area contributed by atoms with E-state index < -0.39 is 0 Å². The summed E-state index contributed by atoms with van der Waals surface area (Å²) in [5, 5.41) is 0. The predicted octanol–water partition coefficient (Wildman–Crippen LogP) is 3.76. The largest absolute Gasteiger partial charge is 0.490 e. The predicted molar refractivity (Wildman–Crippen MR) is 96.1 cm³/mol. The summed E-state index contributed by atoms with van der Waals surface area (Å²) in [6, 6.07) is 5.20. The monoisotopic (exact) mass is 337 g/mol. The molecule has 0 N–H and O–H groups in total. The number of hydrogen-bond acceptors (Lipinski definition) is 5. The van der Waals surface area contributed by atoms with Gasteiger partial charge in [0, 0.05) is 6.54 Å². The minimum Gasteiger partial charge on any atom is -0.490 e. The van der Waals surface area contributed by atoms with Crippen LogP contribution in [-0.2, 0) is 4.74 Å². The maximum atomic E-state index is 12.2. The van der Waals surface area contributed by atoms with E-state index in [9.17, 15) is 4.79 Å². The van der Waals surface area contributed by atoms with Crippen LogP contribution in [0, 0.1) is 0 Å². The first-order chi connectivity index (χ1) is 11.7. The minimum absolute atomic E-state index is 0.330. The fourth-order valence-electron chi connectivity index (χ4n) is 2.24. The molecule has 0 saturated carbocycles. The molecule has 5 nitrogen and oxygen atoms in total. The highest BCUT2D eigenvalue weighted by Crippen LogP contribution is 2.29. The molecule has 0 aliphatic carbocycles. The molecule has 0 radical (unpaired) electrons. The molecule has 1 aromatic carbocycles. The number of carbonyl (C=O) groups is 1. The molecule has 0 unspecified atom stereocenters. The van der Waals surface area contributed by atoms with E-state index in [2.05, 4.69) is 25.7 Å². The molecule has 0 bridgehead atoms. The Labute approximate surface area is 145 Å². The summed E-state index contributed by atoms with van der Waals surface area (Å²) >= 11 is 0. The van der Waals surface area contributed by atoms with E-state index in [1.165, 1.54) is 0 Å². The molecule has 0 aliphatic rings. The van der Waals surface area contributed by atoms with Gasteiger partial charge in [0.05, 0.1) is 18.8 Å². The second-order valence-corrected chi connectivity index (χ2v) is 5.46. The summed E-state index contributed by atoms with van der Waals surface area (Å²) in [4.78, 5) is 14.4. The maximum absolute atomic E-state index is 12.2. The van der Waals surface area contributed by atoms with Crippen molar-refractivity contribution in [3.8, 4) is 11.5 Å². The summed E-state index contributed by atoms with van der Waals surface area (Å²) in [6.45, 7) is 12.4. The number of rotatable bonds is 12. The van der Waals surface area contributed by atoms with Gasteiger partial charge in [-0.15, -0.1) is 0 Å². The quantitative estimate of drug-likeness (QED) is 0.429. The van der Waals surface area contributed by atoms with Crippen molar-refractivity contribution >= 4 is 5.97 Å². The Kier molecular flexibility index (Phi) is 9.92. The first kappa shape index (κ1) is 20.3. The molecule has 0 spiro atoms. The highest BCUT2D eigenvalue weighted by atomic mass is 16.5. The van der Waals surface area contributed by atoms with Gasteiger partial charge in [-0.3, -0.25) is 0 Å². The van der Waals surface area contributed by atoms with Gasteiger partial charge in [-0.05, 0) is 44.6 Å². The van der Waals surface area contributed by atoms with E-state index in [4.69, 9.17) is 14.2 Å². The zero-order valence-electron chi connectivity index (χ0n) is 15.5. The topological polar surface area (TPSA) is 48.0 Å². The highest BCUT2D eigenvalue weighted by molar-refractivity contribution is 5.90. The molecule has 0 atom stereocenters. The van der Waals surface area contributed by atoms with Crippen LogP contribution in [0.15, 0.2) is 18.2 Å². The van der Waals surface area contributed by atoms with Gasteiger partial charge in [-0.1, -0.05) is 27.2 Å². The normalized spacial score (nSPS) is 10.7. The molecule has 24 heavy (non-hydrogen) atoms. The van der Waals surface area contributed by atoms with Gasteiger partial charge in [0.15, 0.2) is 11.5 Å². The minimum atomic E-state index is -0.330. The molecule has 5 heteroatoms. The average Bonchev–Trinajstić information content (AvgIpc) is 2.60. The van der Waals surface area contributed by atoms with Crippen LogP contribution in [0.3, 0.4) is 0 Å². The third kappa shape index (κ3) is 6.79. The number of carbonyl (C=O) groups excluding carboxylic acids is 1. The molecule has 1 rings (SSSR count). The molecule has 1 aromatic rings. The molecular weight excluding hydrogens is 306 g/mol. The maximum Gasteiger partial charge on any atom is 0.338 e. The zero-order valence-corrected chi connectivity index (χ0v) is 15.5. The van der Waals surface area contributed by atoms with Gasteiger partial charge in [-0.25, -0.2) is 4.79 Å². The molecule has 0 heterocycles. The fraction of sp³-hybridized carbons (Fsp3) is 0.632. The molecule has 0 amide bonds. The fourth-order valence-corrected chi connectivity index (χ4v) is 2.24. The van der Waals surface area contributed by atoms with Gasteiger partial charge in [0.1, 0.15) is 6.61 Å². The van der Waals surface area contributed by atoms with Gasteiger partial charge in [-0.2, -0.15) is 0 Å². The lowest BCUT2D eigenvalue weighted by Crippen LogP contribution is -2.27. The van der Waals surface area contributed by atoms with Crippen molar-refractivity contribution in [3.05, 3.63) is 23.8 Å². The summed E-state index contributed by atoms with van der Waals surface area (Å²) in [7, 11) is 0. The van der Waals surface area contributed by atoms with E-state index in [1.807, 2.05) is 6.92 Å². The summed E-state index contributed by atoms with van der Waals surface area (Å²) in [6.07, 6.45) is 2.06. The lowest BCUT2D eigenvalue weighted by molar-refractivity contribution is 0.0466. The van der Waals surface area contributed by atoms with Crippen LogP contribution in [0.2, 0.25) is 0 Å². The Morgan fingerprint density at radius 3 is 2.38 bits per heavy atom. The Morgan fingerprint density at radius 1 is 1.00 bits per heavy atom. The van der Waals surface area contributed by atoms with Gasteiger partial charge in [0.25, 0.3) is 0 Å². The highest BCUT2D eigenvalue weighted by Gasteiger charge is 2.13. The molecule has 0 aliphatic heterocycles. The standard InChI is InChI=1S/C19H31NO4/c1-5-9-13-23-17-11-10-16(15-18(17)22-8-4)19(21)24-14-12-20(6-2)7-3/h10-11,15H,5-9,12-14H2,1-4H3. The second kappa shape index (κ2) is 11.7. The molecule has 0 fully saturated rings. The van der Waals surface area contributed by atoms with Crippen molar-refractivity contribution in [2.75, 3.05) is 39.5 Å². The summed E-state index contributed by atoms with van der Waals surface area (Å²) in [5.74, 6) is 0.931. The third-order valence-electron chi connectivity index (χ3n) is 3.77. The van der Waals surface area contributed by atoms with Crippen molar-refractivity contribution in [2.24, 2.45) is 0 Å². The Bertz CT molecular complexity index is 486. The summed E-state index contributed by atoms with van der Waals surface area (Å²) < 4.78 is 16.7. The number of likely N-dealkylation sites (N-methyl/N-ethyl adjacent to an activating group) is 1. The molecule has 0 aromatic heterocycles. The first-order valence-electron chi connectivity index (χ1n) is 8.95. The molecule has 136 valence electrons. The van der Waals surface area contributed by atoms with Crippen molar-refractivity contribution in [3.63, 3.8) is 0 Å². The van der Waals surface area contributed by atoms with Crippen LogP contribution < -0.4 is 9.47 Å². The Morgan fingerprint density at radius 2 is 1.75 bits per heavy atom.